The van der Waals surface area contributed by atoms with E-state index in [1.807, 2.05) is 0 Å². The van der Waals surface area contributed by atoms with Crippen molar-refractivity contribution in [2.24, 2.45) is 0 Å². The van der Waals surface area contributed by atoms with Crippen molar-refractivity contribution in [1.29, 1.82) is 0 Å². The standard InChI is InChI=1S/C9H4Cl2F2S/c10-6-3-5(9(12)13)7(11)8-4(6)1-2-14-8/h1-3,9H. The summed E-state index contributed by atoms with van der Waals surface area (Å²) in [5.41, 5.74) is -0.202. The minimum atomic E-state index is -2.59. The summed E-state index contributed by atoms with van der Waals surface area (Å²) < 4.78 is 25.6. The zero-order valence-corrected chi connectivity index (χ0v) is 9.06. The van der Waals surface area contributed by atoms with Gasteiger partial charge in [0.2, 0.25) is 0 Å². The van der Waals surface area contributed by atoms with Gasteiger partial charge in [-0.15, -0.1) is 11.3 Å². The molecule has 14 heavy (non-hydrogen) atoms. The van der Waals surface area contributed by atoms with Gasteiger partial charge in [0.05, 0.1) is 9.72 Å². The van der Waals surface area contributed by atoms with Crippen molar-refractivity contribution in [2.75, 3.05) is 0 Å². The predicted molar refractivity (Wildman–Crippen MR) is 56.8 cm³/mol. The Kier molecular flexibility index (Phi) is 2.64. The fourth-order valence-corrected chi connectivity index (χ4v) is 2.80. The smallest absolute Gasteiger partial charge is 0.205 e. The van der Waals surface area contributed by atoms with Crippen LogP contribution in [-0.2, 0) is 0 Å². The topological polar surface area (TPSA) is 0 Å². The van der Waals surface area contributed by atoms with Gasteiger partial charge in [-0.2, -0.15) is 0 Å². The largest absolute Gasteiger partial charge is 0.265 e. The number of halogens is 4. The molecule has 0 aliphatic heterocycles. The lowest BCUT2D eigenvalue weighted by atomic mass is 10.2. The molecule has 1 aromatic carbocycles. The van der Waals surface area contributed by atoms with Crippen LogP contribution in [0.3, 0.4) is 0 Å². The maximum atomic E-state index is 12.5. The Labute approximate surface area is 93.1 Å². The number of alkyl halides is 2. The third kappa shape index (κ3) is 1.49. The summed E-state index contributed by atoms with van der Waals surface area (Å²) in [7, 11) is 0. The first-order valence-corrected chi connectivity index (χ1v) is 5.38. The summed E-state index contributed by atoms with van der Waals surface area (Å²) in [6, 6.07) is 2.99. The molecular formula is C9H4Cl2F2S. The molecule has 5 heteroatoms. The van der Waals surface area contributed by atoms with Crippen LogP contribution >= 0.6 is 34.5 Å². The number of hydrogen-bond donors (Lipinski definition) is 0. The first-order valence-electron chi connectivity index (χ1n) is 3.74. The van der Waals surface area contributed by atoms with Gasteiger partial charge in [-0.3, -0.25) is 0 Å². The Hall–Kier alpha value is -0.380. The summed E-state index contributed by atoms with van der Waals surface area (Å²) >= 11 is 13.0. The van der Waals surface area contributed by atoms with Crippen molar-refractivity contribution in [1.82, 2.24) is 0 Å². The predicted octanol–water partition coefficient (Wildman–Crippen LogP) is 5.15. The van der Waals surface area contributed by atoms with Crippen LogP contribution in [0, 0.1) is 0 Å². The lowest BCUT2D eigenvalue weighted by molar-refractivity contribution is 0.151. The molecule has 2 aromatic rings. The van der Waals surface area contributed by atoms with E-state index >= 15 is 0 Å². The van der Waals surface area contributed by atoms with Crippen molar-refractivity contribution in [3.05, 3.63) is 33.1 Å². The first-order chi connectivity index (χ1) is 6.61. The van der Waals surface area contributed by atoms with Gasteiger partial charge in [-0.05, 0) is 17.5 Å². The lowest BCUT2D eigenvalue weighted by Gasteiger charge is -2.05. The fourth-order valence-electron chi connectivity index (χ4n) is 1.23. The van der Waals surface area contributed by atoms with Gasteiger partial charge >= 0.3 is 0 Å². The van der Waals surface area contributed by atoms with Crippen LogP contribution in [0.25, 0.3) is 10.1 Å². The van der Waals surface area contributed by atoms with Gasteiger partial charge < -0.3 is 0 Å². The van der Waals surface area contributed by atoms with E-state index in [1.54, 1.807) is 11.4 Å². The number of fused-ring (bicyclic) bond motifs is 1. The van der Waals surface area contributed by atoms with Crippen LogP contribution in [0.4, 0.5) is 8.78 Å². The minimum absolute atomic E-state index is 0.106. The second kappa shape index (κ2) is 3.65. The second-order valence-electron chi connectivity index (χ2n) is 2.73. The highest BCUT2D eigenvalue weighted by Gasteiger charge is 2.17. The van der Waals surface area contributed by atoms with Crippen LogP contribution in [0.2, 0.25) is 10.0 Å². The van der Waals surface area contributed by atoms with E-state index in [0.717, 1.165) is 5.39 Å². The van der Waals surface area contributed by atoms with E-state index in [0.29, 0.717) is 9.72 Å². The molecule has 0 aliphatic carbocycles. The summed E-state index contributed by atoms with van der Waals surface area (Å²) in [6.07, 6.45) is -2.59. The highest BCUT2D eigenvalue weighted by Crippen LogP contribution is 2.40. The average molecular weight is 253 g/mol. The van der Waals surface area contributed by atoms with Gasteiger partial charge in [-0.25, -0.2) is 8.78 Å². The van der Waals surface area contributed by atoms with Crippen LogP contribution in [-0.4, -0.2) is 0 Å². The number of hydrogen-bond acceptors (Lipinski definition) is 1. The number of benzene rings is 1. The average Bonchev–Trinajstić information content (AvgIpc) is 2.59. The van der Waals surface area contributed by atoms with Crippen molar-refractivity contribution in [3.63, 3.8) is 0 Å². The Morgan fingerprint density at radius 2 is 2.00 bits per heavy atom. The van der Waals surface area contributed by atoms with E-state index < -0.39 is 6.43 Å². The van der Waals surface area contributed by atoms with Crippen molar-refractivity contribution in [2.45, 2.75) is 6.43 Å². The third-order valence-electron chi connectivity index (χ3n) is 1.89. The molecule has 0 saturated carbocycles. The van der Waals surface area contributed by atoms with Crippen molar-refractivity contribution >= 4 is 44.6 Å². The van der Waals surface area contributed by atoms with Gasteiger partial charge in [0, 0.05) is 16.0 Å². The van der Waals surface area contributed by atoms with Gasteiger partial charge in [0.15, 0.2) is 0 Å². The van der Waals surface area contributed by atoms with Crippen molar-refractivity contribution in [3.8, 4) is 0 Å². The molecule has 0 nitrogen and oxygen atoms in total. The summed E-state index contributed by atoms with van der Waals surface area (Å²) in [5.74, 6) is 0. The van der Waals surface area contributed by atoms with Crippen molar-refractivity contribution < 1.29 is 8.78 Å². The fraction of sp³-hybridized carbons (Fsp3) is 0.111. The Morgan fingerprint density at radius 1 is 1.29 bits per heavy atom. The molecule has 0 atom stereocenters. The molecule has 0 bridgehead atoms. The third-order valence-corrected chi connectivity index (χ3v) is 3.66. The quantitative estimate of drug-likeness (QED) is 0.659. The van der Waals surface area contributed by atoms with Gasteiger partial charge in [-0.1, -0.05) is 23.2 Å². The Morgan fingerprint density at radius 3 is 2.64 bits per heavy atom. The van der Waals surface area contributed by atoms with E-state index in [4.69, 9.17) is 23.2 Å². The second-order valence-corrected chi connectivity index (χ2v) is 4.43. The van der Waals surface area contributed by atoms with Crippen LogP contribution in [0.15, 0.2) is 17.5 Å². The molecule has 74 valence electrons. The molecule has 2 rings (SSSR count). The SMILES string of the molecule is FC(F)c1cc(Cl)c2ccsc2c1Cl. The van der Waals surface area contributed by atoms with Gasteiger partial charge in [0.25, 0.3) is 6.43 Å². The van der Waals surface area contributed by atoms with Crippen LogP contribution < -0.4 is 0 Å². The first kappa shape index (κ1) is 10.1. The van der Waals surface area contributed by atoms with E-state index in [9.17, 15) is 8.78 Å². The molecular weight excluding hydrogens is 249 g/mol. The van der Waals surface area contributed by atoms with E-state index in [2.05, 4.69) is 0 Å². The highest BCUT2D eigenvalue weighted by atomic mass is 35.5. The summed E-state index contributed by atoms with van der Waals surface area (Å²) in [4.78, 5) is 0. The Bertz CT molecular complexity index is 479. The zero-order chi connectivity index (χ0) is 10.3. The number of rotatable bonds is 1. The molecule has 0 radical (unpaired) electrons. The maximum Gasteiger partial charge on any atom is 0.265 e. The minimum Gasteiger partial charge on any atom is -0.205 e. The summed E-state index contributed by atoms with van der Waals surface area (Å²) in [5, 5.41) is 2.93. The van der Waals surface area contributed by atoms with E-state index in [-0.39, 0.29) is 10.6 Å². The monoisotopic (exact) mass is 252 g/mol. The summed E-state index contributed by atoms with van der Waals surface area (Å²) in [6.45, 7) is 0. The molecule has 0 fully saturated rings. The highest BCUT2D eigenvalue weighted by molar-refractivity contribution is 7.18. The van der Waals surface area contributed by atoms with Gasteiger partial charge in [0.1, 0.15) is 0 Å². The maximum absolute atomic E-state index is 12.5. The molecule has 0 saturated heterocycles. The molecule has 0 aliphatic rings. The normalized spacial score (nSPS) is 11.5. The van der Waals surface area contributed by atoms with Crippen LogP contribution in [0.5, 0.6) is 0 Å². The molecule has 0 N–H and O–H groups in total. The Balaban J connectivity index is 2.82. The number of thiophene rings is 1. The molecule has 1 heterocycles. The van der Waals surface area contributed by atoms with E-state index in [1.165, 1.54) is 17.4 Å². The lowest BCUT2D eigenvalue weighted by Crippen LogP contribution is -1.86. The molecule has 0 spiro atoms. The zero-order valence-electron chi connectivity index (χ0n) is 6.73. The van der Waals surface area contributed by atoms with Crippen LogP contribution in [0.1, 0.15) is 12.0 Å². The molecule has 1 aromatic heterocycles. The molecule has 0 unspecified atom stereocenters. The molecule has 0 amide bonds.